The first-order valence-electron chi connectivity index (χ1n) is 5.06. The van der Waals surface area contributed by atoms with Gasteiger partial charge in [0.15, 0.2) is 0 Å². The minimum Gasteiger partial charge on any atom is -0.392 e. The van der Waals surface area contributed by atoms with Crippen molar-refractivity contribution in [2.24, 2.45) is 0 Å². The van der Waals surface area contributed by atoms with Crippen LogP contribution in [-0.4, -0.2) is 41.7 Å². The van der Waals surface area contributed by atoms with E-state index in [1.165, 1.54) is 0 Å². The predicted molar refractivity (Wildman–Crippen MR) is 66.2 cm³/mol. The van der Waals surface area contributed by atoms with E-state index in [0.29, 0.717) is 5.69 Å². The van der Waals surface area contributed by atoms with Crippen LogP contribution < -0.4 is 10.6 Å². The van der Waals surface area contributed by atoms with E-state index in [-0.39, 0.29) is 0 Å². The molecule has 5 nitrogen and oxygen atoms in total. The monoisotopic (exact) mass is 218 g/mol. The molecule has 0 saturated heterocycles. The van der Waals surface area contributed by atoms with Gasteiger partial charge in [-0.3, -0.25) is 4.58 Å². The molecule has 2 rings (SSSR count). The highest BCUT2D eigenvalue weighted by atomic mass is 15.3. The van der Waals surface area contributed by atoms with Gasteiger partial charge >= 0.3 is 0 Å². The highest BCUT2D eigenvalue weighted by Crippen LogP contribution is 2.24. The van der Waals surface area contributed by atoms with Crippen LogP contribution in [0.2, 0.25) is 0 Å². The minimum atomic E-state index is 0.696. The summed E-state index contributed by atoms with van der Waals surface area (Å²) in [6.07, 6.45) is 3.82. The standard InChI is InChI=1S/C11H16N5/c1-14(2)8-15(3)11-10(12)9-6-4-5-7-16(9)13-11/h4-8H,12H2,1-3H3/q+1. The first-order chi connectivity index (χ1) is 7.59. The molecule has 2 heterocycles. The summed E-state index contributed by atoms with van der Waals surface area (Å²) in [6, 6.07) is 5.83. The highest BCUT2D eigenvalue weighted by Gasteiger charge is 2.16. The lowest BCUT2D eigenvalue weighted by molar-refractivity contribution is -0.460. The van der Waals surface area contributed by atoms with Gasteiger partial charge in [0.1, 0.15) is 5.69 Å². The van der Waals surface area contributed by atoms with Gasteiger partial charge in [-0.1, -0.05) is 6.07 Å². The van der Waals surface area contributed by atoms with E-state index in [1.807, 2.05) is 61.4 Å². The molecular weight excluding hydrogens is 202 g/mol. The Labute approximate surface area is 94.4 Å². The molecule has 16 heavy (non-hydrogen) atoms. The molecule has 2 aromatic heterocycles. The topological polar surface area (TPSA) is 49.6 Å². The fourth-order valence-corrected chi connectivity index (χ4v) is 1.67. The van der Waals surface area contributed by atoms with Gasteiger partial charge in [-0.2, -0.15) is 0 Å². The highest BCUT2D eigenvalue weighted by molar-refractivity contribution is 5.88. The molecule has 84 valence electrons. The van der Waals surface area contributed by atoms with Crippen LogP contribution >= 0.6 is 0 Å². The van der Waals surface area contributed by atoms with Crippen molar-refractivity contribution >= 4 is 23.4 Å². The van der Waals surface area contributed by atoms with Crippen LogP contribution in [0.15, 0.2) is 24.4 Å². The second-order valence-corrected chi connectivity index (χ2v) is 3.96. The molecule has 2 aromatic rings. The lowest BCUT2D eigenvalue weighted by atomic mass is 10.3. The number of nitrogen functional groups attached to an aromatic ring is 1. The van der Waals surface area contributed by atoms with Crippen LogP contribution in [0.4, 0.5) is 11.5 Å². The summed E-state index contributed by atoms with van der Waals surface area (Å²) < 4.78 is 3.73. The zero-order valence-electron chi connectivity index (χ0n) is 9.75. The molecule has 5 heteroatoms. The van der Waals surface area contributed by atoms with Crippen LogP contribution in [0.5, 0.6) is 0 Å². The molecule has 0 aliphatic rings. The molecule has 0 fully saturated rings. The van der Waals surface area contributed by atoms with E-state index < -0.39 is 0 Å². The molecule has 0 aliphatic carbocycles. The largest absolute Gasteiger partial charge is 0.392 e. The maximum atomic E-state index is 6.05. The third-order valence-electron chi connectivity index (χ3n) is 2.30. The fourth-order valence-electron chi connectivity index (χ4n) is 1.67. The maximum absolute atomic E-state index is 6.05. The van der Waals surface area contributed by atoms with Gasteiger partial charge in [0.05, 0.1) is 26.7 Å². The third-order valence-corrected chi connectivity index (χ3v) is 2.30. The fraction of sp³-hybridized carbons (Fsp3) is 0.273. The summed E-state index contributed by atoms with van der Waals surface area (Å²) in [7, 11) is 5.85. The molecule has 0 spiro atoms. The maximum Gasteiger partial charge on any atom is 0.263 e. The Morgan fingerprint density at radius 3 is 2.81 bits per heavy atom. The molecule has 0 atom stereocenters. The van der Waals surface area contributed by atoms with Crippen LogP contribution in [0.1, 0.15) is 0 Å². The summed E-state index contributed by atoms with van der Waals surface area (Å²) in [6.45, 7) is 0. The van der Waals surface area contributed by atoms with Gasteiger partial charge in [0.2, 0.25) is 6.34 Å². The summed E-state index contributed by atoms with van der Waals surface area (Å²) >= 11 is 0. The van der Waals surface area contributed by atoms with Crippen LogP contribution in [0.25, 0.3) is 5.52 Å². The second-order valence-electron chi connectivity index (χ2n) is 3.96. The van der Waals surface area contributed by atoms with Gasteiger partial charge in [0.25, 0.3) is 5.82 Å². The molecule has 2 N–H and O–H groups in total. The third kappa shape index (κ3) is 1.71. The lowest BCUT2D eigenvalue weighted by Gasteiger charge is -2.03. The van der Waals surface area contributed by atoms with E-state index in [2.05, 4.69) is 5.10 Å². The van der Waals surface area contributed by atoms with E-state index in [9.17, 15) is 0 Å². The number of pyridine rings is 1. The Bertz CT molecular complexity index is 536. The van der Waals surface area contributed by atoms with E-state index in [1.54, 1.807) is 4.52 Å². The Morgan fingerprint density at radius 2 is 2.19 bits per heavy atom. The summed E-state index contributed by atoms with van der Waals surface area (Å²) in [5, 5.41) is 4.42. The molecule has 0 unspecified atom stereocenters. The summed E-state index contributed by atoms with van der Waals surface area (Å²) in [5.41, 5.74) is 7.67. The summed E-state index contributed by atoms with van der Waals surface area (Å²) in [4.78, 5) is 1.91. The molecule has 0 aliphatic heterocycles. The quantitative estimate of drug-likeness (QED) is 0.457. The van der Waals surface area contributed by atoms with Gasteiger partial charge in [0, 0.05) is 6.20 Å². The Hall–Kier alpha value is -2.04. The van der Waals surface area contributed by atoms with Crippen molar-refractivity contribution in [2.45, 2.75) is 0 Å². The van der Waals surface area contributed by atoms with Gasteiger partial charge < -0.3 is 5.73 Å². The first-order valence-corrected chi connectivity index (χ1v) is 5.06. The van der Waals surface area contributed by atoms with Crippen molar-refractivity contribution in [1.29, 1.82) is 0 Å². The Morgan fingerprint density at radius 1 is 1.44 bits per heavy atom. The molecular formula is C11H16N5+. The molecule has 0 aromatic carbocycles. The van der Waals surface area contributed by atoms with E-state index in [0.717, 1.165) is 11.3 Å². The SMILES string of the molecule is CN(C=[N+](C)C)c1nn2ccccc2c1N. The molecule has 0 radical (unpaired) electrons. The van der Waals surface area contributed by atoms with Gasteiger partial charge in [-0.15, -0.1) is 5.10 Å². The van der Waals surface area contributed by atoms with Crippen molar-refractivity contribution in [1.82, 2.24) is 9.61 Å². The number of anilines is 2. The number of fused-ring (bicyclic) bond motifs is 1. The van der Waals surface area contributed by atoms with Crippen molar-refractivity contribution in [3.8, 4) is 0 Å². The molecule has 0 saturated carbocycles. The lowest BCUT2D eigenvalue weighted by Crippen LogP contribution is -2.21. The zero-order chi connectivity index (χ0) is 11.7. The number of nitrogens with zero attached hydrogens (tertiary/aromatic N) is 4. The van der Waals surface area contributed by atoms with Crippen molar-refractivity contribution < 1.29 is 4.58 Å². The molecule has 0 amide bonds. The van der Waals surface area contributed by atoms with Crippen molar-refractivity contribution in [2.75, 3.05) is 31.8 Å². The van der Waals surface area contributed by atoms with Crippen LogP contribution in [0, 0.1) is 0 Å². The van der Waals surface area contributed by atoms with Crippen LogP contribution in [-0.2, 0) is 0 Å². The van der Waals surface area contributed by atoms with E-state index >= 15 is 0 Å². The molecule has 0 bridgehead atoms. The number of hydrogen-bond acceptors (Lipinski definition) is 2. The van der Waals surface area contributed by atoms with Gasteiger partial charge in [-0.25, -0.2) is 9.42 Å². The van der Waals surface area contributed by atoms with Gasteiger partial charge in [-0.05, 0) is 12.1 Å². The van der Waals surface area contributed by atoms with Crippen LogP contribution in [0.3, 0.4) is 0 Å². The normalized spacial score (nSPS) is 10.4. The number of nitrogens with two attached hydrogens (primary N) is 1. The predicted octanol–water partition coefficient (Wildman–Crippen LogP) is 0.653. The smallest absolute Gasteiger partial charge is 0.263 e. The average molecular weight is 218 g/mol. The number of hydrogen-bond donors (Lipinski definition) is 1. The van der Waals surface area contributed by atoms with Crippen molar-refractivity contribution in [3.63, 3.8) is 0 Å². The summed E-state index contributed by atoms with van der Waals surface area (Å²) in [5.74, 6) is 0.764. The Balaban J connectivity index is 2.53. The minimum absolute atomic E-state index is 0.696. The number of aromatic nitrogens is 2. The van der Waals surface area contributed by atoms with Crippen molar-refractivity contribution in [3.05, 3.63) is 24.4 Å². The van der Waals surface area contributed by atoms with E-state index in [4.69, 9.17) is 5.73 Å². The first kappa shape index (κ1) is 10.5. The Kier molecular flexibility index (Phi) is 2.52. The zero-order valence-corrected chi connectivity index (χ0v) is 9.75. The average Bonchev–Trinajstić information content (AvgIpc) is 2.56. The second kappa shape index (κ2) is 3.84. The number of rotatable bonds is 2.